The van der Waals surface area contributed by atoms with Crippen LogP contribution >= 0.6 is 0 Å². The minimum absolute atomic E-state index is 0.0219. The van der Waals surface area contributed by atoms with Gasteiger partial charge in [0.05, 0.1) is 18.6 Å². The Bertz CT molecular complexity index is 820. The van der Waals surface area contributed by atoms with Gasteiger partial charge in [0, 0.05) is 33.7 Å². The number of amides is 1. The van der Waals surface area contributed by atoms with E-state index in [-0.39, 0.29) is 12.5 Å². The number of hydrogen-bond acceptors (Lipinski definition) is 5. The molecule has 1 aliphatic heterocycles. The largest absolute Gasteiger partial charge is 0.497 e. The van der Waals surface area contributed by atoms with E-state index in [1.165, 1.54) is 51.7 Å². The fourth-order valence-corrected chi connectivity index (χ4v) is 6.56. The Kier molecular flexibility index (Phi) is 10.4. The molecule has 0 bridgehead atoms. The van der Waals surface area contributed by atoms with E-state index in [1.54, 1.807) is 11.4 Å². The summed E-state index contributed by atoms with van der Waals surface area (Å²) in [5, 5.41) is 0. The number of nitrogens with zero attached hydrogens (tertiary/aromatic N) is 3. The first-order valence-corrected chi connectivity index (χ1v) is 13.7. The molecule has 1 aliphatic carbocycles. The molecular weight excluding hydrogens is 450 g/mol. The Labute approximate surface area is 208 Å². The summed E-state index contributed by atoms with van der Waals surface area (Å²) < 4.78 is 25.7. The van der Waals surface area contributed by atoms with Crippen molar-refractivity contribution in [2.75, 3.05) is 67.1 Å². The molecule has 0 radical (unpaired) electrons. The van der Waals surface area contributed by atoms with Gasteiger partial charge in [-0.2, -0.15) is 0 Å². The molecule has 2 aliphatic rings. The highest BCUT2D eigenvalue weighted by Gasteiger charge is 2.28. The summed E-state index contributed by atoms with van der Waals surface area (Å²) >= 11 is 0. The van der Waals surface area contributed by atoms with E-state index in [0.717, 1.165) is 34.2 Å². The van der Waals surface area contributed by atoms with Crippen molar-refractivity contribution in [1.29, 1.82) is 0 Å². The van der Waals surface area contributed by atoms with Crippen molar-refractivity contribution in [3.05, 3.63) is 23.3 Å². The first kappa shape index (κ1) is 27.1. The predicted octanol–water partition coefficient (Wildman–Crippen LogP) is 3.25. The van der Waals surface area contributed by atoms with Gasteiger partial charge in [0.2, 0.25) is 5.91 Å². The SMILES string of the molecule is COc1cc(C)c(S(=O)N(C)CCOCC(=O)N(C)C[C@@H]2CC[C@H](CN3CCCC3)C2)c(C)c1. The summed E-state index contributed by atoms with van der Waals surface area (Å²) in [6.07, 6.45) is 6.43. The number of likely N-dealkylation sites (N-methyl/N-ethyl adjacent to an activating group) is 2. The summed E-state index contributed by atoms with van der Waals surface area (Å²) in [7, 11) is 4.04. The van der Waals surface area contributed by atoms with Crippen LogP contribution in [-0.4, -0.2) is 91.4 Å². The highest BCUT2D eigenvalue weighted by molar-refractivity contribution is 7.82. The maximum atomic E-state index is 13.0. The van der Waals surface area contributed by atoms with Crippen LogP contribution in [0, 0.1) is 25.7 Å². The Hall–Kier alpha value is -1.48. The molecule has 3 atom stereocenters. The van der Waals surface area contributed by atoms with E-state index in [4.69, 9.17) is 9.47 Å². The third-order valence-corrected chi connectivity index (χ3v) is 8.97. The predicted molar refractivity (Wildman–Crippen MR) is 136 cm³/mol. The van der Waals surface area contributed by atoms with Crippen LogP contribution in [0.5, 0.6) is 5.75 Å². The lowest BCUT2D eigenvalue weighted by atomic mass is 10.0. The molecule has 1 amide bonds. The van der Waals surface area contributed by atoms with Crippen molar-refractivity contribution < 1.29 is 18.5 Å². The quantitative estimate of drug-likeness (QED) is 0.418. The first-order chi connectivity index (χ1) is 16.3. The smallest absolute Gasteiger partial charge is 0.248 e. The zero-order valence-electron chi connectivity index (χ0n) is 21.7. The number of hydrogen-bond donors (Lipinski definition) is 0. The number of benzene rings is 1. The lowest BCUT2D eigenvalue weighted by molar-refractivity contribution is -0.135. The van der Waals surface area contributed by atoms with Crippen molar-refractivity contribution in [3.8, 4) is 5.75 Å². The van der Waals surface area contributed by atoms with Gasteiger partial charge in [-0.3, -0.25) is 4.79 Å². The van der Waals surface area contributed by atoms with Gasteiger partial charge < -0.3 is 19.3 Å². The third kappa shape index (κ3) is 7.51. The van der Waals surface area contributed by atoms with Crippen LogP contribution in [0.2, 0.25) is 0 Å². The van der Waals surface area contributed by atoms with Crippen molar-refractivity contribution in [2.24, 2.45) is 11.8 Å². The lowest BCUT2D eigenvalue weighted by Gasteiger charge is -2.23. The second kappa shape index (κ2) is 13.0. The standard InChI is InChI=1S/C26H43N3O4S/c1-20-14-24(32-5)15-21(2)26(20)34(31)28(4)12-13-33-19-25(30)27(3)17-22-8-9-23(16-22)18-29-10-6-7-11-29/h14-15,22-23H,6-13,16-19H2,1-5H3/t22-,23+,34?/m1/s1. The Morgan fingerprint density at radius 3 is 2.41 bits per heavy atom. The number of methoxy groups -OCH3 is 1. The number of aryl methyl sites for hydroxylation is 2. The molecule has 0 spiro atoms. The topological polar surface area (TPSA) is 62.3 Å². The van der Waals surface area contributed by atoms with Crippen LogP contribution in [-0.2, 0) is 20.5 Å². The van der Waals surface area contributed by atoms with E-state index in [2.05, 4.69) is 4.90 Å². The summed E-state index contributed by atoms with van der Waals surface area (Å²) in [6, 6.07) is 3.80. The van der Waals surface area contributed by atoms with Gasteiger partial charge in [-0.05, 0) is 94.1 Å². The molecular formula is C26H43N3O4S. The lowest BCUT2D eigenvalue weighted by Crippen LogP contribution is -2.35. The first-order valence-electron chi connectivity index (χ1n) is 12.6. The highest BCUT2D eigenvalue weighted by atomic mass is 32.2. The van der Waals surface area contributed by atoms with Gasteiger partial charge in [-0.25, -0.2) is 8.51 Å². The monoisotopic (exact) mass is 493 g/mol. The van der Waals surface area contributed by atoms with Crippen LogP contribution in [0.4, 0.5) is 0 Å². The number of carbonyl (C=O) groups is 1. The van der Waals surface area contributed by atoms with E-state index in [1.807, 2.05) is 45.0 Å². The van der Waals surface area contributed by atoms with E-state index >= 15 is 0 Å². The number of rotatable bonds is 12. The van der Waals surface area contributed by atoms with Gasteiger partial charge in [0.1, 0.15) is 23.3 Å². The van der Waals surface area contributed by atoms with Gasteiger partial charge in [-0.15, -0.1) is 0 Å². The highest BCUT2D eigenvalue weighted by Crippen LogP contribution is 2.32. The Morgan fingerprint density at radius 1 is 1.12 bits per heavy atom. The Morgan fingerprint density at radius 2 is 1.76 bits per heavy atom. The molecule has 1 aromatic carbocycles. The Balaban J connectivity index is 1.35. The fourth-order valence-electron chi connectivity index (χ4n) is 5.33. The van der Waals surface area contributed by atoms with Gasteiger partial charge in [0.25, 0.3) is 0 Å². The molecule has 0 aromatic heterocycles. The minimum Gasteiger partial charge on any atom is -0.497 e. The number of ether oxygens (including phenoxy) is 2. The molecule has 1 unspecified atom stereocenters. The molecule has 1 heterocycles. The number of carbonyl (C=O) groups excluding carboxylic acids is 1. The minimum atomic E-state index is -1.29. The molecule has 7 nitrogen and oxygen atoms in total. The second-order valence-electron chi connectivity index (χ2n) is 10.1. The van der Waals surface area contributed by atoms with Crippen molar-refractivity contribution in [1.82, 2.24) is 14.1 Å². The second-order valence-corrected chi connectivity index (χ2v) is 11.6. The zero-order valence-corrected chi connectivity index (χ0v) is 22.5. The van der Waals surface area contributed by atoms with Gasteiger partial charge in [-0.1, -0.05) is 0 Å². The van der Waals surface area contributed by atoms with Crippen LogP contribution in [0.3, 0.4) is 0 Å². The maximum absolute atomic E-state index is 13.0. The summed E-state index contributed by atoms with van der Waals surface area (Å²) in [6.45, 7) is 9.38. The van der Waals surface area contributed by atoms with Gasteiger partial charge >= 0.3 is 0 Å². The molecule has 3 rings (SSSR count). The molecule has 1 saturated carbocycles. The van der Waals surface area contributed by atoms with Crippen molar-refractivity contribution >= 4 is 16.9 Å². The van der Waals surface area contributed by atoms with Crippen LogP contribution < -0.4 is 4.74 Å². The van der Waals surface area contributed by atoms with Crippen LogP contribution in [0.15, 0.2) is 17.0 Å². The van der Waals surface area contributed by atoms with Crippen LogP contribution in [0.25, 0.3) is 0 Å². The zero-order chi connectivity index (χ0) is 24.7. The molecule has 192 valence electrons. The average Bonchev–Trinajstić information content (AvgIpc) is 3.48. The molecule has 0 N–H and O–H groups in total. The van der Waals surface area contributed by atoms with E-state index < -0.39 is 11.0 Å². The third-order valence-electron chi connectivity index (χ3n) is 7.23. The number of likely N-dealkylation sites (tertiary alicyclic amines) is 1. The van der Waals surface area contributed by atoms with Crippen LogP contribution in [0.1, 0.15) is 43.2 Å². The van der Waals surface area contributed by atoms with Crippen molar-refractivity contribution in [2.45, 2.75) is 50.8 Å². The molecule has 2 fully saturated rings. The summed E-state index contributed by atoms with van der Waals surface area (Å²) in [4.78, 5) is 17.8. The molecule has 1 saturated heterocycles. The summed E-state index contributed by atoms with van der Waals surface area (Å²) in [5.41, 5.74) is 1.88. The van der Waals surface area contributed by atoms with Crippen molar-refractivity contribution in [3.63, 3.8) is 0 Å². The van der Waals surface area contributed by atoms with E-state index in [9.17, 15) is 9.00 Å². The molecule has 34 heavy (non-hydrogen) atoms. The average molecular weight is 494 g/mol. The fraction of sp³-hybridized carbons (Fsp3) is 0.731. The summed E-state index contributed by atoms with van der Waals surface area (Å²) in [5.74, 6) is 2.18. The molecule has 1 aromatic rings. The van der Waals surface area contributed by atoms with Gasteiger partial charge in [0.15, 0.2) is 0 Å². The maximum Gasteiger partial charge on any atom is 0.248 e. The molecule has 8 heteroatoms. The normalized spacial score (nSPS) is 21.8. The van der Waals surface area contributed by atoms with E-state index in [0.29, 0.717) is 19.1 Å².